The Morgan fingerprint density at radius 3 is 2.77 bits per heavy atom. The lowest BCUT2D eigenvalue weighted by Gasteiger charge is -2.32. The number of H-pyrrole nitrogens is 1. The number of carbonyl (C=O) groups excluding carboxylic acids is 1. The lowest BCUT2D eigenvalue weighted by Crippen LogP contribution is -2.40. The molecule has 0 unspecified atom stereocenters. The highest BCUT2D eigenvalue weighted by molar-refractivity contribution is 6.01. The van der Waals surface area contributed by atoms with Crippen LogP contribution in [0, 0.1) is 6.92 Å². The molecule has 26 heavy (non-hydrogen) atoms. The zero-order valence-electron chi connectivity index (χ0n) is 14.9. The number of pyridine rings is 1. The predicted molar refractivity (Wildman–Crippen MR) is 101 cm³/mol. The smallest absolute Gasteiger partial charge is 0.256 e. The molecule has 5 heteroatoms. The van der Waals surface area contributed by atoms with Crippen LogP contribution in [0.1, 0.15) is 40.6 Å². The largest absolute Gasteiger partial charge is 0.348 e. The van der Waals surface area contributed by atoms with Crippen LogP contribution in [0.25, 0.3) is 11.1 Å². The summed E-state index contributed by atoms with van der Waals surface area (Å²) in [4.78, 5) is 27.3. The van der Waals surface area contributed by atoms with Gasteiger partial charge in [0.2, 0.25) is 0 Å². The van der Waals surface area contributed by atoms with E-state index in [1.807, 2.05) is 54.4 Å². The number of rotatable bonds is 3. The first-order valence-electron chi connectivity index (χ1n) is 9.03. The molecule has 0 aliphatic carbocycles. The molecule has 0 bridgehead atoms. The number of benzene rings is 1. The molecular formula is C21H22N4O. The van der Waals surface area contributed by atoms with Gasteiger partial charge in [-0.25, -0.2) is 4.98 Å². The summed E-state index contributed by atoms with van der Waals surface area (Å²) in [7, 11) is 0. The van der Waals surface area contributed by atoms with Crippen LogP contribution in [0.5, 0.6) is 0 Å². The van der Waals surface area contributed by atoms with Crippen LogP contribution in [-0.4, -0.2) is 38.8 Å². The normalized spacial score (nSPS) is 17.3. The number of carbonyl (C=O) groups is 1. The number of amides is 1. The van der Waals surface area contributed by atoms with E-state index < -0.39 is 0 Å². The highest BCUT2D eigenvalue weighted by atomic mass is 16.2. The molecule has 3 heterocycles. The molecule has 1 fully saturated rings. The van der Waals surface area contributed by atoms with Gasteiger partial charge < -0.3 is 9.88 Å². The number of hydrogen-bond acceptors (Lipinski definition) is 3. The van der Waals surface area contributed by atoms with Crippen molar-refractivity contribution in [1.82, 2.24) is 19.9 Å². The van der Waals surface area contributed by atoms with E-state index in [-0.39, 0.29) is 11.8 Å². The molecule has 132 valence electrons. The fourth-order valence-corrected chi connectivity index (χ4v) is 3.74. The van der Waals surface area contributed by atoms with Gasteiger partial charge in [-0.15, -0.1) is 0 Å². The second-order valence-electron chi connectivity index (χ2n) is 6.75. The van der Waals surface area contributed by atoms with Crippen LogP contribution in [-0.2, 0) is 0 Å². The SMILES string of the molecule is Cc1nccc(-c2ccccc2)c1C(=O)N1CCC[C@@H](c2ncc[nH]2)C1. The molecule has 0 spiro atoms. The highest BCUT2D eigenvalue weighted by Gasteiger charge is 2.29. The molecule has 4 rings (SSSR count). The number of likely N-dealkylation sites (tertiary alicyclic amines) is 1. The first-order valence-corrected chi connectivity index (χ1v) is 9.03. The summed E-state index contributed by atoms with van der Waals surface area (Å²) < 4.78 is 0. The predicted octanol–water partition coefficient (Wildman–Crippen LogP) is 3.80. The number of imidazole rings is 1. The van der Waals surface area contributed by atoms with Crippen molar-refractivity contribution in [2.75, 3.05) is 13.1 Å². The van der Waals surface area contributed by atoms with Crippen molar-refractivity contribution in [2.24, 2.45) is 0 Å². The Hall–Kier alpha value is -2.95. The van der Waals surface area contributed by atoms with Crippen LogP contribution >= 0.6 is 0 Å². The Kier molecular flexibility index (Phi) is 4.52. The van der Waals surface area contributed by atoms with Gasteiger partial charge in [-0.2, -0.15) is 0 Å². The van der Waals surface area contributed by atoms with Crippen LogP contribution in [0.2, 0.25) is 0 Å². The summed E-state index contributed by atoms with van der Waals surface area (Å²) in [6.07, 6.45) is 7.42. The van der Waals surface area contributed by atoms with Crippen LogP contribution in [0.4, 0.5) is 0 Å². The van der Waals surface area contributed by atoms with E-state index in [1.54, 1.807) is 12.4 Å². The van der Waals surface area contributed by atoms with Crippen molar-refractivity contribution < 1.29 is 4.79 Å². The molecule has 3 aromatic rings. The van der Waals surface area contributed by atoms with Gasteiger partial charge in [0.1, 0.15) is 5.82 Å². The second-order valence-corrected chi connectivity index (χ2v) is 6.75. The molecule has 1 aromatic carbocycles. The van der Waals surface area contributed by atoms with Gasteiger partial charge in [-0.05, 0) is 37.0 Å². The van der Waals surface area contributed by atoms with Gasteiger partial charge in [0, 0.05) is 37.6 Å². The Balaban J connectivity index is 1.66. The number of aromatic amines is 1. The van der Waals surface area contributed by atoms with Crippen molar-refractivity contribution in [2.45, 2.75) is 25.7 Å². The topological polar surface area (TPSA) is 61.9 Å². The Labute approximate surface area is 153 Å². The molecule has 0 saturated carbocycles. The minimum absolute atomic E-state index is 0.0608. The number of nitrogens with zero attached hydrogens (tertiary/aromatic N) is 3. The van der Waals surface area contributed by atoms with E-state index in [0.29, 0.717) is 12.1 Å². The summed E-state index contributed by atoms with van der Waals surface area (Å²) in [5.41, 5.74) is 3.47. The van der Waals surface area contributed by atoms with Gasteiger partial charge in [0.25, 0.3) is 5.91 Å². The van der Waals surface area contributed by atoms with E-state index in [9.17, 15) is 4.79 Å². The average molecular weight is 346 g/mol. The van der Waals surface area contributed by atoms with Crippen LogP contribution in [0.3, 0.4) is 0 Å². The monoisotopic (exact) mass is 346 g/mol. The molecular weight excluding hydrogens is 324 g/mol. The maximum absolute atomic E-state index is 13.4. The fourth-order valence-electron chi connectivity index (χ4n) is 3.74. The first kappa shape index (κ1) is 16.5. The summed E-state index contributed by atoms with van der Waals surface area (Å²) in [6, 6.07) is 12.0. The van der Waals surface area contributed by atoms with Crippen molar-refractivity contribution in [3.8, 4) is 11.1 Å². The lowest BCUT2D eigenvalue weighted by molar-refractivity contribution is 0.0704. The average Bonchev–Trinajstić information content (AvgIpc) is 3.23. The molecule has 1 saturated heterocycles. The van der Waals surface area contributed by atoms with Crippen molar-refractivity contribution in [3.05, 3.63) is 72.1 Å². The van der Waals surface area contributed by atoms with Crippen LogP contribution in [0.15, 0.2) is 55.0 Å². The van der Waals surface area contributed by atoms with Gasteiger partial charge in [0.05, 0.1) is 11.3 Å². The molecule has 2 aromatic heterocycles. The van der Waals surface area contributed by atoms with Crippen molar-refractivity contribution in [3.63, 3.8) is 0 Å². The molecule has 1 amide bonds. The second kappa shape index (κ2) is 7.12. The maximum Gasteiger partial charge on any atom is 0.256 e. The molecule has 1 atom stereocenters. The Morgan fingerprint density at radius 2 is 2.00 bits per heavy atom. The standard InChI is InChI=1S/C21H22N4O/c1-15-19(18(9-10-22-15)16-6-3-2-4-7-16)21(26)25-13-5-8-17(14-25)20-23-11-12-24-20/h2-4,6-7,9-12,17H,5,8,13-14H2,1H3,(H,23,24)/t17-/m1/s1. The zero-order chi connectivity index (χ0) is 17.9. The van der Waals surface area contributed by atoms with E-state index in [2.05, 4.69) is 15.0 Å². The number of hydrogen-bond donors (Lipinski definition) is 1. The summed E-state index contributed by atoms with van der Waals surface area (Å²) in [5.74, 6) is 1.29. The third-order valence-electron chi connectivity index (χ3n) is 5.05. The fraction of sp³-hybridized carbons (Fsp3) is 0.286. The third kappa shape index (κ3) is 3.12. The van der Waals surface area contributed by atoms with E-state index >= 15 is 0 Å². The van der Waals surface area contributed by atoms with Crippen molar-refractivity contribution in [1.29, 1.82) is 0 Å². The number of aryl methyl sites for hydroxylation is 1. The minimum Gasteiger partial charge on any atom is -0.348 e. The van der Waals surface area contributed by atoms with Gasteiger partial charge in [-0.1, -0.05) is 30.3 Å². The van der Waals surface area contributed by atoms with Gasteiger partial charge in [0.15, 0.2) is 0 Å². The van der Waals surface area contributed by atoms with Gasteiger partial charge in [-0.3, -0.25) is 9.78 Å². The van der Waals surface area contributed by atoms with Gasteiger partial charge >= 0.3 is 0 Å². The summed E-state index contributed by atoms with van der Waals surface area (Å²) in [6.45, 7) is 3.38. The Bertz CT molecular complexity index is 890. The van der Waals surface area contributed by atoms with Crippen LogP contribution < -0.4 is 0 Å². The van der Waals surface area contributed by atoms with E-state index in [4.69, 9.17) is 0 Å². The quantitative estimate of drug-likeness (QED) is 0.785. The molecule has 0 radical (unpaired) electrons. The molecule has 1 aliphatic rings. The van der Waals surface area contributed by atoms with E-state index in [0.717, 1.165) is 42.0 Å². The molecule has 1 aliphatic heterocycles. The zero-order valence-corrected chi connectivity index (χ0v) is 14.9. The molecule has 1 N–H and O–H groups in total. The number of piperidine rings is 1. The summed E-state index contributed by atoms with van der Waals surface area (Å²) >= 11 is 0. The lowest BCUT2D eigenvalue weighted by atomic mass is 9.94. The van der Waals surface area contributed by atoms with E-state index in [1.165, 1.54) is 0 Å². The molecule has 5 nitrogen and oxygen atoms in total. The number of nitrogens with one attached hydrogen (secondary N) is 1. The highest BCUT2D eigenvalue weighted by Crippen LogP contribution is 2.29. The minimum atomic E-state index is 0.0608. The third-order valence-corrected chi connectivity index (χ3v) is 5.05. The number of aromatic nitrogens is 3. The maximum atomic E-state index is 13.4. The van der Waals surface area contributed by atoms with Crippen molar-refractivity contribution >= 4 is 5.91 Å². The summed E-state index contributed by atoms with van der Waals surface area (Å²) in [5, 5.41) is 0. The first-order chi connectivity index (χ1) is 12.7. The Morgan fingerprint density at radius 1 is 1.15 bits per heavy atom.